The zero-order valence-electron chi connectivity index (χ0n) is 12.3. The molecule has 126 valence electrons. The normalized spacial score (nSPS) is 13.8. The number of rotatable bonds is 4. The lowest BCUT2D eigenvalue weighted by Gasteiger charge is -2.07. The minimum absolute atomic E-state index is 0.00803. The molecule has 1 aromatic carbocycles. The molecular weight excluding hydrogens is 397 g/mol. The molecule has 0 N–H and O–H groups in total. The minimum atomic E-state index is -0.724. The number of halogens is 2. The Labute approximate surface area is 155 Å². The summed E-state index contributed by atoms with van der Waals surface area (Å²) in [5, 5.41) is 3.43. The molecule has 0 aromatic heterocycles. The number of nitroso groups, excluding NO2 is 1. The lowest BCUT2D eigenvalue weighted by molar-refractivity contribution is -0.138. The van der Waals surface area contributed by atoms with Crippen molar-refractivity contribution in [2.24, 2.45) is 5.18 Å². The molecule has 0 radical (unpaired) electrons. The fraction of sp³-hybridized carbons (Fsp3) is 0.143. The predicted octanol–water partition coefficient (Wildman–Crippen LogP) is 4.42. The van der Waals surface area contributed by atoms with E-state index < -0.39 is 11.9 Å². The average Bonchev–Trinajstić information content (AvgIpc) is 3.01. The molecule has 6 nitrogen and oxygen atoms in total. The molecule has 0 amide bonds. The van der Waals surface area contributed by atoms with Gasteiger partial charge < -0.3 is 9.47 Å². The molecule has 24 heavy (non-hydrogen) atoms. The fourth-order valence-corrected chi connectivity index (χ4v) is 4.78. The summed E-state index contributed by atoms with van der Waals surface area (Å²) in [6, 6.07) is 4.72. The van der Waals surface area contributed by atoms with Gasteiger partial charge in [0.15, 0.2) is 0 Å². The first-order valence-electron chi connectivity index (χ1n) is 6.23. The van der Waals surface area contributed by atoms with Crippen molar-refractivity contribution >= 4 is 64.4 Å². The van der Waals surface area contributed by atoms with Crippen molar-refractivity contribution < 1.29 is 19.1 Å². The van der Waals surface area contributed by atoms with Crippen LogP contribution in [0, 0.1) is 4.91 Å². The molecule has 1 aliphatic heterocycles. The number of hydrogen-bond donors (Lipinski definition) is 0. The molecule has 1 aromatic rings. The highest BCUT2D eigenvalue weighted by molar-refractivity contribution is 8.29. The quantitative estimate of drug-likeness (QED) is 0.541. The Kier molecular flexibility index (Phi) is 6.34. The van der Waals surface area contributed by atoms with Crippen LogP contribution >= 0.6 is 46.7 Å². The lowest BCUT2D eigenvalue weighted by atomic mass is 10.2. The summed E-state index contributed by atoms with van der Waals surface area (Å²) in [6.07, 6.45) is 0. The van der Waals surface area contributed by atoms with Gasteiger partial charge in [0.25, 0.3) is 0 Å². The molecule has 0 unspecified atom stereocenters. The Balaban J connectivity index is 2.57. The maximum absolute atomic E-state index is 11.9. The number of thioether (sulfide) groups is 2. The van der Waals surface area contributed by atoms with Crippen LogP contribution in [0.5, 0.6) is 0 Å². The van der Waals surface area contributed by atoms with Gasteiger partial charge in [-0.2, -0.15) is 0 Å². The maximum atomic E-state index is 11.9. The Morgan fingerprint density at radius 2 is 1.46 bits per heavy atom. The topological polar surface area (TPSA) is 82.0 Å². The van der Waals surface area contributed by atoms with Gasteiger partial charge in [-0.05, 0) is 17.3 Å². The number of ether oxygens (including phenoxy) is 2. The smallest absolute Gasteiger partial charge is 0.346 e. The number of hydrogen-bond acceptors (Lipinski definition) is 8. The third-order valence-electron chi connectivity index (χ3n) is 2.82. The van der Waals surface area contributed by atoms with E-state index in [1.165, 1.54) is 14.2 Å². The SMILES string of the molecule is COC(=O)C1=C(C(=O)OC)SC(=C(N=O)c2c(Cl)cccc2Cl)S1. The standard InChI is InChI=1S/C14H9Cl2NO5S2/c1-21-12(18)10-11(13(19)22-2)24-14(23-10)9(17-20)8-6(15)4-3-5-7(8)16/h3-5H,1-2H3. The molecule has 0 fully saturated rings. The van der Waals surface area contributed by atoms with Gasteiger partial charge in [0.2, 0.25) is 0 Å². The lowest BCUT2D eigenvalue weighted by Crippen LogP contribution is -2.08. The van der Waals surface area contributed by atoms with E-state index in [9.17, 15) is 14.5 Å². The van der Waals surface area contributed by atoms with Gasteiger partial charge in [-0.3, -0.25) is 0 Å². The number of nitrogens with zero attached hydrogens (tertiary/aromatic N) is 1. The second kappa shape index (κ2) is 8.06. The predicted molar refractivity (Wildman–Crippen MR) is 95.4 cm³/mol. The number of esters is 2. The summed E-state index contributed by atoms with van der Waals surface area (Å²) in [4.78, 5) is 35.1. The van der Waals surface area contributed by atoms with E-state index in [1.807, 2.05) is 0 Å². The van der Waals surface area contributed by atoms with Gasteiger partial charge in [0, 0.05) is 5.56 Å². The van der Waals surface area contributed by atoms with Crippen LogP contribution in [0.4, 0.5) is 0 Å². The third kappa shape index (κ3) is 3.61. The minimum Gasteiger partial charge on any atom is -0.465 e. The summed E-state index contributed by atoms with van der Waals surface area (Å²) in [5.74, 6) is -1.45. The van der Waals surface area contributed by atoms with Crippen LogP contribution in [0.2, 0.25) is 10.0 Å². The molecule has 1 heterocycles. The van der Waals surface area contributed by atoms with Gasteiger partial charge in [-0.15, -0.1) is 4.91 Å². The molecule has 10 heteroatoms. The molecule has 1 aliphatic rings. The van der Waals surface area contributed by atoms with Crippen molar-refractivity contribution in [3.8, 4) is 0 Å². The van der Waals surface area contributed by atoms with Crippen LogP contribution in [-0.4, -0.2) is 26.2 Å². The van der Waals surface area contributed by atoms with Crippen molar-refractivity contribution in [2.75, 3.05) is 14.2 Å². The Hall–Kier alpha value is -1.48. The molecule has 2 rings (SSSR count). The van der Waals surface area contributed by atoms with E-state index in [2.05, 4.69) is 14.7 Å². The summed E-state index contributed by atoms with van der Waals surface area (Å²) >= 11 is 14.0. The summed E-state index contributed by atoms with van der Waals surface area (Å²) in [5.41, 5.74) is 0.155. The van der Waals surface area contributed by atoms with Crippen molar-refractivity contribution in [1.29, 1.82) is 0 Å². The number of methoxy groups -OCH3 is 2. The van der Waals surface area contributed by atoms with Crippen LogP contribution in [0.1, 0.15) is 5.56 Å². The Morgan fingerprint density at radius 1 is 1.00 bits per heavy atom. The van der Waals surface area contributed by atoms with Gasteiger partial charge in [0.1, 0.15) is 15.5 Å². The number of carbonyl (C=O) groups is 2. The van der Waals surface area contributed by atoms with Crippen LogP contribution < -0.4 is 0 Å². The first-order chi connectivity index (χ1) is 11.4. The monoisotopic (exact) mass is 405 g/mol. The van der Waals surface area contributed by atoms with Crippen LogP contribution in [0.3, 0.4) is 0 Å². The first kappa shape index (κ1) is 18.9. The van der Waals surface area contributed by atoms with Gasteiger partial charge >= 0.3 is 11.9 Å². The molecule has 0 saturated heterocycles. The van der Waals surface area contributed by atoms with E-state index in [-0.39, 0.29) is 35.4 Å². The van der Waals surface area contributed by atoms with E-state index in [4.69, 9.17) is 23.2 Å². The second-order valence-corrected chi connectivity index (χ2v) is 7.28. The second-order valence-electron chi connectivity index (χ2n) is 4.17. The summed E-state index contributed by atoms with van der Waals surface area (Å²) < 4.78 is 9.58. The summed E-state index contributed by atoms with van der Waals surface area (Å²) in [6.45, 7) is 0. The van der Waals surface area contributed by atoms with Crippen LogP contribution in [0.15, 0.2) is 37.4 Å². The van der Waals surface area contributed by atoms with Crippen molar-refractivity contribution in [2.45, 2.75) is 0 Å². The van der Waals surface area contributed by atoms with Gasteiger partial charge in [-0.1, -0.05) is 52.8 Å². The average molecular weight is 406 g/mol. The summed E-state index contributed by atoms with van der Waals surface area (Å²) in [7, 11) is 2.36. The molecular formula is C14H9Cl2NO5S2. The maximum Gasteiger partial charge on any atom is 0.346 e. The van der Waals surface area contributed by atoms with Crippen LogP contribution in [-0.2, 0) is 19.1 Å². The molecule has 0 atom stereocenters. The molecule has 0 spiro atoms. The van der Waals surface area contributed by atoms with Gasteiger partial charge in [-0.25, -0.2) is 9.59 Å². The highest BCUT2D eigenvalue weighted by Gasteiger charge is 2.35. The first-order valence-corrected chi connectivity index (χ1v) is 8.62. The van der Waals surface area contributed by atoms with Crippen LogP contribution in [0.25, 0.3) is 5.70 Å². The van der Waals surface area contributed by atoms with Crippen molar-refractivity contribution in [1.82, 2.24) is 0 Å². The molecule has 0 aliphatic carbocycles. The highest BCUT2D eigenvalue weighted by Crippen LogP contribution is 2.54. The Bertz CT molecular complexity index is 741. The largest absolute Gasteiger partial charge is 0.465 e. The number of benzene rings is 1. The van der Waals surface area contributed by atoms with E-state index in [1.54, 1.807) is 18.2 Å². The van der Waals surface area contributed by atoms with E-state index in [0.29, 0.717) is 0 Å². The Morgan fingerprint density at radius 3 is 1.83 bits per heavy atom. The fourth-order valence-electron chi connectivity index (χ4n) is 1.76. The van der Waals surface area contributed by atoms with Gasteiger partial charge in [0.05, 0.1) is 28.5 Å². The van der Waals surface area contributed by atoms with Crippen molar-refractivity contribution in [3.63, 3.8) is 0 Å². The van der Waals surface area contributed by atoms with E-state index >= 15 is 0 Å². The third-order valence-corrected chi connectivity index (χ3v) is 5.99. The van der Waals surface area contributed by atoms with E-state index in [0.717, 1.165) is 23.5 Å². The zero-order valence-corrected chi connectivity index (χ0v) is 15.4. The highest BCUT2D eigenvalue weighted by atomic mass is 35.5. The zero-order chi connectivity index (χ0) is 17.9. The molecule has 0 saturated carbocycles. The van der Waals surface area contributed by atoms with Crippen molar-refractivity contribution in [3.05, 3.63) is 52.8 Å². The number of carbonyl (C=O) groups excluding carboxylic acids is 2. The molecule has 0 bridgehead atoms.